The summed E-state index contributed by atoms with van der Waals surface area (Å²) in [5, 5.41) is 9.51. The minimum atomic E-state index is 0.0306. The predicted molar refractivity (Wildman–Crippen MR) is 77.9 cm³/mol. The number of methoxy groups -OCH3 is 1. The number of hydrogen-bond acceptors (Lipinski definition) is 3. The number of nitrogens with zero attached hydrogens (tertiary/aromatic N) is 1. The fourth-order valence-corrected chi connectivity index (χ4v) is 2.84. The second-order valence-corrected chi connectivity index (χ2v) is 5.33. The number of carbonyl (C=O) groups is 1. The van der Waals surface area contributed by atoms with Gasteiger partial charge < -0.3 is 14.7 Å². The Kier molecular flexibility index (Phi) is 5.41. The zero-order chi connectivity index (χ0) is 14.4. The fraction of sp³-hybridized carbons (Fsp3) is 0.562. The highest BCUT2D eigenvalue weighted by Crippen LogP contribution is 2.24. The Morgan fingerprint density at radius 1 is 1.45 bits per heavy atom. The number of piperidine rings is 1. The zero-order valence-electron chi connectivity index (χ0n) is 12.0. The molecule has 1 N–H and O–H groups in total. The lowest BCUT2D eigenvalue weighted by atomic mass is 9.97. The van der Waals surface area contributed by atoms with Gasteiger partial charge in [-0.1, -0.05) is 6.07 Å². The van der Waals surface area contributed by atoms with Crippen molar-refractivity contribution in [2.75, 3.05) is 20.3 Å². The molecule has 0 unspecified atom stereocenters. The van der Waals surface area contributed by atoms with Crippen molar-refractivity contribution in [3.05, 3.63) is 29.8 Å². The van der Waals surface area contributed by atoms with Gasteiger partial charge in [-0.15, -0.1) is 0 Å². The number of hydrogen-bond donors (Lipinski definition) is 1. The highest BCUT2D eigenvalue weighted by molar-refractivity contribution is 5.94. The lowest BCUT2D eigenvalue weighted by Crippen LogP contribution is -2.43. The average molecular weight is 277 g/mol. The summed E-state index contributed by atoms with van der Waals surface area (Å²) in [6.07, 6.45) is 5.27. The zero-order valence-corrected chi connectivity index (χ0v) is 12.0. The molecule has 4 heteroatoms. The van der Waals surface area contributed by atoms with Crippen molar-refractivity contribution in [1.82, 2.24) is 4.90 Å². The van der Waals surface area contributed by atoms with Gasteiger partial charge in [-0.2, -0.15) is 0 Å². The minimum absolute atomic E-state index is 0.0306. The monoisotopic (exact) mass is 277 g/mol. The van der Waals surface area contributed by atoms with Crippen molar-refractivity contribution in [1.29, 1.82) is 0 Å². The summed E-state index contributed by atoms with van der Waals surface area (Å²) >= 11 is 0. The first-order chi connectivity index (χ1) is 9.72. The summed E-state index contributed by atoms with van der Waals surface area (Å²) in [7, 11) is 1.70. The van der Waals surface area contributed by atoms with E-state index < -0.39 is 0 Å². The molecule has 20 heavy (non-hydrogen) atoms. The molecular formula is C16H23NO3. The van der Waals surface area contributed by atoms with Gasteiger partial charge in [0.25, 0.3) is 5.91 Å². The van der Waals surface area contributed by atoms with Gasteiger partial charge in [0, 0.05) is 31.9 Å². The van der Waals surface area contributed by atoms with Gasteiger partial charge in [-0.3, -0.25) is 4.79 Å². The number of carbonyl (C=O) groups excluding carboxylic acids is 1. The third-order valence-corrected chi connectivity index (χ3v) is 3.87. The third kappa shape index (κ3) is 3.73. The maximum atomic E-state index is 12.6. The van der Waals surface area contributed by atoms with Gasteiger partial charge in [-0.25, -0.2) is 0 Å². The smallest absolute Gasteiger partial charge is 0.254 e. The van der Waals surface area contributed by atoms with Gasteiger partial charge in [-0.05, 0) is 50.3 Å². The molecule has 1 aromatic carbocycles. The standard InChI is InChI=1S/C16H23NO3/c1-20-11-5-8-14-7-2-3-10-17(14)16(19)13-6-4-9-15(18)12-13/h4,6,9,12,14,18H,2-3,5,7-8,10-11H2,1H3/t14-/m0/s1. The van der Waals surface area contributed by atoms with E-state index in [1.54, 1.807) is 31.4 Å². The van der Waals surface area contributed by atoms with Crippen molar-refractivity contribution in [2.24, 2.45) is 0 Å². The topological polar surface area (TPSA) is 49.8 Å². The lowest BCUT2D eigenvalue weighted by molar-refractivity contribution is 0.0584. The number of ether oxygens (including phenoxy) is 1. The van der Waals surface area contributed by atoms with E-state index in [0.717, 1.165) is 38.8 Å². The molecule has 0 bridgehead atoms. The van der Waals surface area contributed by atoms with E-state index in [2.05, 4.69) is 0 Å². The van der Waals surface area contributed by atoms with Crippen LogP contribution >= 0.6 is 0 Å². The first-order valence-corrected chi connectivity index (χ1v) is 7.31. The van der Waals surface area contributed by atoms with Gasteiger partial charge in [0.2, 0.25) is 0 Å². The van der Waals surface area contributed by atoms with Gasteiger partial charge in [0.15, 0.2) is 0 Å². The summed E-state index contributed by atoms with van der Waals surface area (Å²) in [5.41, 5.74) is 0.573. The molecule has 1 aromatic rings. The second kappa shape index (κ2) is 7.29. The summed E-state index contributed by atoms with van der Waals surface area (Å²) in [6, 6.07) is 6.91. The fourth-order valence-electron chi connectivity index (χ4n) is 2.84. The molecule has 0 spiro atoms. The molecule has 1 amide bonds. The molecule has 0 aliphatic carbocycles. The molecule has 110 valence electrons. The van der Waals surface area contributed by atoms with Crippen LogP contribution in [0.4, 0.5) is 0 Å². The summed E-state index contributed by atoms with van der Waals surface area (Å²) < 4.78 is 5.09. The van der Waals surface area contributed by atoms with Crippen LogP contribution in [0.2, 0.25) is 0 Å². The molecule has 0 saturated carbocycles. The Balaban J connectivity index is 2.05. The molecule has 1 aliphatic heterocycles. The molecule has 1 heterocycles. The van der Waals surface area contributed by atoms with Crippen molar-refractivity contribution in [3.8, 4) is 5.75 Å². The molecular weight excluding hydrogens is 254 g/mol. The molecule has 1 saturated heterocycles. The number of phenolic OH excluding ortho intramolecular Hbond substituents is 1. The van der Waals surface area contributed by atoms with Crippen LogP contribution in [0.15, 0.2) is 24.3 Å². The molecule has 1 atom stereocenters. The van der Waals surface area contributed by atoms with Gasteiger partial charge in [0.1, 0.15) is 5.75 Å². The van der Waals surface area contributed by atoms with Crippen molar-refractivity contribution in [3.63, 3.8) is 0 Å². The predicted octanol–water partition coefficient (Wildman–Crippen LogP) is 2.81. The Hall–Kier alpha value is -1.55. The van der Waals surface area contributed by atoms with Crippen LogP contribution in [0.5, 0.6) is 5.75 Å². The number of rotatable bonds is 5. The van der Waals surface area contributed by atoms with Crippen LogP contribution in [0.25, 0.3) is 0 Å². The average Bonchev–Trinajstić information content (AvgIpc) is 2.47. The summed E-state index contributed by atoms with van der Waals surface area (Å²) in [6.45, 7) is 1.55. The number of aromatic hydroxyl groups is 1. The third-order valence-electron chi connectivity index (χ3n) is 3.87. The normalized spacial score (nSPS) is 19.1. The first-order valence-electron chi connectivity index (χ1n) is 7.31. The number of phenols is 1. The van der Waals surface area contributed by atoms with Crippen LogP contribution in [0, 0.1) is 0 Å². The Labute approximate surface area is 120 Å². The lowest BCUT2D eigenvalue weighted by Gasteiger charge is -2.36. The molecule has 4 nitrogen and oxygen atoms in total. The van der Waals surface area contributed by atoms with Crippen LogP contribution in [0.3, 0.4) is 0 Å². The van der Waals surface area contributed by atoms with E-state index in [9.17, 15) is 9.90 Å². The van der Waals surface area contributed by atoms with Crippen molar-refractivity contribution >= 4 is 5.91 Å². The SMILES string of the molecule is COCCC[C@@H]1CCCCN1C(=O)c1cccc(O)c1. The van der Waals surface area contributed by atoms with Gasteiger partial charge in [0.05, 0.1) is 0 Å². The summed E-state index contributed by atoms with van der Waals surface area (Å²) in [5.74, 6) is 0.173. The maximum absolute atomic E-state index is 12.6. The highest BCUT2D eigenvalue weighted by Gasteiger charge is 2.27. The largest absolute Gasteiger partial charge is 0.508 e. The molecule has 2 rings (SSSR count). The molecule has 1 aliphatic rings. The van der Waals surface area contributed by atoms with E-state index in [1.165, 1.54) is 6.42 Å². The maximum Gasteiger partial charge on any atom is 0.254 e. The molecule has 1 fully saturated rings. The first kappa shape index (κ1) is 14.9. The van der Waals surface area contributed by atoms with E-state index in [4.69, 9.17) is 4.74 Å². The van der Waals surface area contributed by atoms with Crippen molar-refractivity contribution < 1.29 is 14.6 Å². The second-order valence-electron chi connectivity index (χ2n) is 5.33. The van der Waals surface area contributed by atoms with E-state index in [-0.39, 0.29) is 11.7 Å². The van der Waals surface area contributed by atoms with Crippen LogP contribution < -0.4 is 0 Å². The van der Waals surface area contributed by atoms with E-state index in [0.29, 0.717) is 11.6 Å². The Morgan fingerprint density at radius 3 is 3.05 bits per heavy atom. The van der Waals surface area contributed by atoms with E-state index in [1.807, 2.05) is 4.90 Å². The van der Waals surface area contributed by atoms with Crippen LogP contribution in [0.1, 0.15) is 42.5 Å². The Morgan fingerprint density at radius 2 is 2.30 bits per heavy atom. The van der Waals surface area contributed by atoms with E-state index >= 15 is 0 Å². The highest BCUT2D eigenvalue weighted by atomic mass is 16.5. The van der Waals surface area contributed by atoms with Crippen LogP contribution in [-0.4, -0.2) is 42.2 Å². The minimum Gasteiger partial charge on any atom is -0.508 e. The number of benzene rings is 1. The van der Waals surface area contributed by atoms with Gasteiger partial charge >= 0.3 is 0 Å². The molecule has 0 radical (unpaired) electrons. The van der Waals surface area contributed by atoms with Crippen LogP contribution in [-0.2, 0) is 4.74 Å². The quantitative estimate of drug-likeness (QED) is 0.842. The number of amides is 1. The summed E-state index contributed by atoms with van der Waals surface area (Å²) in [4.78, 5) is 14.5. The number of likely N-dealkylation sites (tertiary alicyclic amines) is 1. The Bertz CT molecular complexity index is 447. The molecule has 0 aromatic heterocycles. The van der Waals surface area contributed by atoms with Crippen molar-refractivity contribution in [2.45, 2.75) is 38.1 Å².